The summed E-state index contributed by atoms with van der Waals surface area (Å²) in [5.74, 6) is 0. The van der Waals surface area contributed by atoms with E-state index in [-0.39, 0.29) is 0 Å². The van der Waals surface area contributed by atoms with Crippen molar-refractivity contribution in [1.82, 2.24) is 4.98 Å². The predicted octanol–water partition coefficient (Wildman–Crippen LogP) is 13.3. The Morgan fingerprint density at radius 3 is 2.00 bits per heavy atom. The molecule has 0 saturated carbocycles. The van der Waals surface area contributed by atoms with E-state index in [9.17, 15) is 0 Å². The lowest BCUT2D eigenvalue weighted by Gasteiger charge is -2.26. The molecule has 0 saturated heterocycles. The van der Waals surface area contributed by atoms with Crippen molar-refractivity contribution in [3.05, 3.63) is 170 Å². The van der Waals surface area contributed by atoms with Crippen molar-refractivity contribution in [1.29, 1.82) is 0 Å². The van der Waals surface area contributed by atoms with Crippen LogP contribution in [-0.2, 0) is 0 Å². The first-order chi connectivity index (χ1) is 24.3. The van der Waals surface area contributed by atoms with Gasteiger partial charge in [0.25, 0.3) is 0 Å². The van der Waals surface area contributed by atoms with E-state index >= 15 is 0 Å². The molecule has 10 rings (SSSR count). The van der Waals surface area contributed by atoms with Crippen LogP contribution >= 0.6 is 11.3 Å². The zero-order chi connectivity index (χ0) is 32.3. The van der Waals surface area contributed by atoms with Crippen LogP contribution in [0.4, 0.5) is 17.1 Å². The van der Waals surface area contributed by atoms with Crippen molar-refractivity contribution in [2.75, 3.05) is 4.90 Å². The third-order valence-corrected chi connectivity index (χ3v) is 10.6. The summed E-state index contributed by atoms with van der Waals surface area (Å²) in [5.41, 5.74) is 9.43. The molecule has 0 bridgehead atoms. The third-order valence-electron chi connectivity index (χ3n) is 9.47. The van der Waals surface area contributed by atoms with Gasteiger partial charge in [0.15, 0.2) is 5.58 Å². The van der Waals surface area contributed by atoms with Crippen LogP contribution in [0.15, 0.2) is 174 Å². The summed E-state index contributed by atoms with van der Waals surface area (Å²) in [6.07, 6.45) is 0. The summed E-state index contributed by atoms with van der Waals surface area (Å²) >= 11 is 1.77. The van der Waals surface area contributed by atoms with Crippen molar-refractivity contribution >= 4 is 82.1 Å². The average Bonchev–Trinajstić information content (AvgIpc) is 3.78. The van der Waals surface area contributed by atoms with Gasteiger partial charge in [-0.1, -0.05) is 127 Å². The van der Waals surface area contributed by atoms with Crippen molar-refractivity contribution in [3.63, 3.8) is 0 Å². The molecule has 4 heteroatoms. The highest BCUT2D eigenvalue weighted by Crippen LogP contribution is 2.44. The summed E-state index contributed by atoms with van der Waals surface area (Å²) in [5, 5.41) is 8.13. The van der Waals surface area contributed by atoms with Gasteiger partial charge in [-0.25, -0.2) is 4.98 Å². The highest BCUT2D eigenvalue weighted by atomic mass is 32.1. The first kappa shape index (κ1) is 27.8. The smallest absolute Gasteiger partial charge is 0.159 e. The number of nitrogens with zero attached hydrogens (tertiary/aromatic N) is 2. The monoisotopic (exact) mass is 644 g/mol. The molecule has 8 aromatic carbocycles. The lowest BCUT2D eigenvalue weighted by atomic mass is 10.00. The molecule has 0 spiro atoms. The number of hydrogen-bond donors (Lipinski definition) is 0. The number of fused-ring (bicyclic) bond motifs is 8. The molecule has 0 aliphatic heterocycles. The van der Waals surface area contributed by atoms with Crippen LogP contribution in [0.2, 0.25) is 0 Å². The molecule has 0 fully saturated rings. The number of hydrogen-bond acceptors (Lipinski definition) is 4. The van der Waals surface area contributed by atoms with Gasteiger partial charge < -0.3 is 9.32 Å². The van der Waals surface area contributed by atoms with Gasteiger partial charge >= 0.3 is 0 Å². The molecule has 0 radical (unpaired) electrons. The first-order valence-corrected chi connectivity index (χ1v) is 17.3. The van der Waals surface area contributed by atoms with Gasteiger partial charge in [-0.2, -0.15) is 0 Å². The topological polar surface area (TPSA) is 29.3 Å². The summed E-state index contributed by atoms with van der Waals surface area (Å²) in [7, 11) is 0. The lowest BCUT2D eigenvalue weighted by Crippen LogP contribution is -2.10. The van der Waals surface area contributed by atoms with Crippen LogP contribution in [0.25, 0.3) is 75.4 Å². The normalized spacial score (nSPS) is 11.7. The van der Waals surface area contributed by atoms with Gasteiger partial charge in [0.05, 0.1) is 15.9 Å². The Kier molecular flexibility index (Phi) is 6.36. The fourth-order valence-electron chi connectivity index (χ4n) is 7.13. The molecule has 0 unspecified atom stereocenters. The number of aromatic nitrogens is 1. The standard InChI is InChI=1S/C45H28N2OS/c1-3-10-29(11-4-1)30-20-23-34(24-21-30)47(40-16-9-15-38-37-14-7-8-17-41(37)48-43(38)40)35-25-26-36-33(28-35)19-18-31-22-27-39-44(42(31)36)49-45(46-39)32-12-5-2-6-13-32/h1-28H. The van der Waals surface area contributed by atoms with E-state index in [0.29, 0.717) is 0 Å². The predicted molar refractivity (Wildman–Crippen MR) is 207 cm³/mol. The third kappa shape index (κ3) is 4.61. The van der Waals surface area contributed by atoms with E-state index in [1.165, 1.54) is 37.4 Å². The van der Waals surface area contributed by atoms with E-state index < -0.39 is 0 Å². The van der Waals surface area contributed by atoms with E-state index in [1.54, 1.807) is 11.3 Å². The van der Waals surface area contributed by atoms with Crippen molar-refractivity contribution in [2.45, 2.75) is 0 Å². The largest absolute Gasteiger partial charge is 0.454 e. The van der Waals surface area contributed by atoms with Crippen LogP contribution < -0.4 is 4.90 Å². The molecule has 2 aromatic heterocycles. The van der Waals surface area contributed by atoms with Gasteiger partial charge in [-0.05, 0) is 69.8 Å². The molecular weight excluding hydrogens is 617 g/mol. The Bertz CT molecular complexity index is 2820. The summed E-state index contributed by atoms with van der Waals surface area (Å²) in [6, 6.07) is 60.2. The van der Waals surface area contributed by atoms with E-state index in [0.717, 1.165) is 55.1 Å². The van der Waals surface area contributed by atoms with E-state index in [1.807, 2.05) is 18.2 Å². The fourth-order valence-corrected chi connectivity index (χ4v) is 8.27. The van der Waals surface area contributed by atoms with Crippen molar-refractivity contribution in [2.24, 2.45) is 0 Å². The molecule has 10 aromatic rings. The summed E-state index contributed by atoms with van der Waals surface area (Å²) < 4.78 is 7.80. The number of rotatable bonds is 5. The molecule has 49 heavy (non-hydrogen) atoms. The molecule has 0 aliphatic rings. The van der Waals surface area contributed by atoms with Gasteiger partial charge in [0, 0.05) is 33.1 Å². The zero-order valence-electron chi connectivity index (χ0n) is 26.4. The average molecular weight is 645 g/mol. The minimum absolute atomic E-state index is 0.870. The second kappa shape index (κ2) is 11.2. The molecule has 0 N–H and O–H groups in total. The van der Waals surface area contributed by atoms with Crippen LogP contribution in [0.5, 0.6) is 0 Å². The van der Waals surface area contributed by atoms with Crippen molar-refractivity contribution in [3.8, 4) is 21.7 Å². The lowest BCUT2D eigenvalue weighted by molar-refractivity contribution is 0.669. The van der Waals surface area contributed by atoms with Crippen LogP contribution in [-0.4, -0.2) is 4.98 Å². The van der Waals surface area contributed by atoms with Crippen LogP contribution in [0, 0.1) is 0 Å². The van der Waals surface area contributed by atoms with Crippen LogP contribution in [0.1, 0.15) is 0 Å². The number of para-hydroxylation sites is 2. The van der Waals surface area contributed by atoms with Gasteiger partial charge in [0.1, 0.15) is 10.6 Å². The highest BCUT2D eigenvalue weighted by molar-refractivity contribution is 7.22. The molecular formula is C45H28N2OS. The number of furan rings is 1. The summed E-state index contributed by atoms with van der Waals surface area (Å²) in [4.78, 5) is 7.36. The van der Waals surface area contributed by atoms with Gasteiger partial charge in [-0.15, -0.1) is 11.3 Å². The Balaban J connectivity index is 1.18. The molecule has 230 valence electrons. The zero-order valence-corrected chi connectivity index (χ0v) is 27.2. The maximum absolute atomic E-state index is 6.59. The van der Waals surface area contributed by atoms with E-state index in [4.69, 9.17) is 9.40 Å². The van der Waals surface area contributed by atoms with E-state index in [2.05, 4.69) is 157 Å². The Morgan fingerprint density at radius 2 is 1.16 bits per heavy atom. The molecule has 3 nitrogen and oxygen atoms in total. The maximum atomic E-state index is 6.59. The minimum atomic E-state index is 0.870. The Morgan fingerprint density at radius 1 is 0.490 bits per heavy atom. The minimum Gasteiger partial charge on any atom is -0.454 e. The second-order valence-electron chi connectivity index (χ2n) is 12.4. The Hall–Kier alpha value is -6.23. The maximum Gasteiger partial charge on any atom is 0.159 e. The number of anilines is 3. The number of thiazole rings is 1. The second-order valence-corrected chi connectivity index (χ2v) is 13.4. The SMILES string of the molecule is c1ccc(-c2ccc(N(c3ccc4c(ccc5ccc6nc(-c7ccccc7)sc6c54)c3)c3cccc4c3oc3ccccc34)cc2)cc1. The summed E-state index contributed by atoms with van der Waals surface area (Å²) in [6.45, 7) is 0. The molecule has 2 heterocycles. The molecule has 0 aliphatic carbocycles. The van der Waals surface area contributed by atoms with Gasteiger partial charge in [-0.3, -0.25) is 0 Å². The fraction of sp³-hybridized carbons (Fsp3) is 0. The molecule has 0 amide bonds. The van der Waals surface area contributed by atoms with Crippen molar-refractivity contribution < 1.29 is 4.42 Å². The van der Waals surface area contributed by atoms with Crippen LogP contribution in [0.3, 0.4) is 0 Å². The number of benzene rings is 8. The Labute approximate surface area is 286 Å². The quantitative estimate of drug-likeness (QED) is 0.175. The van der Waals surface area contributed by atoms with Gasteiger partial charge in [0.2, 0.25) is 0 Å². The molecule has 0 atom stereocenters. The first-order valence-electron chi connectivity index (χ1n) is 16.5. The highest BCUT2D eigenvalue weighted by Gasteiger charge is 2.20.